The van der Waals surface area contributed by atoms with E-state index in [2.05, 4.69) is 10.6 Å². The van der Waals surface area contributed by atoms with Crippen LogP contribution in [0.2, 0.25) is 0 Å². The maximum Gasteiger partial charge on any atom is 0.223 e. The predicted octanol–water partition coefficient (Wildman–Crippen LogP) is 1.44. The maximum absolute atomic E-state index is 12.9. The molecule has 1 atom stereocenters. The summed E-state index contributed by atoms with van der Waals surface area (Å²) in [7, 11) is 0. The van der Waals surface area contributed by atoms with E-state index in [0.717, 1.165) is 19.2 Å². The normalized spacial score (nSPS) is 17.1. The quantitative estimate of drug-likeness (QED) is 0.853. The molecule has 2 rings (SSSR count). The lowest BCUT2D eigenvalue weighted by Gasteiger charge is -2.31. The molecule has 1 aliphatic heterocycles. The first-order valence-corrected chi connectivity index (χ1v) is 5.99. The van der Waals surface area contributed by atoms with Crippen LogP contribution in [0.15, 0.2) is 18.2 Å². The number of hydrogen-bond acceptors (Lipinski definition) is 2. The lowest BCUT2D eigenvalue weighted by atomic mass is 9.88. The molecule has 3 nitrogen and oxygen atoms in total. The van der Waals surface area contributed by atoms with E-state index >= 15 is 0 Å². The Kier molecular flexibility index (Phi) is 3.91. The first kappa shape index (κ1) is 13.0. The van der Waals surface area contributed by atoms with Gasteiger partial charge < -0.3 is 10.6 Å². The third-order valence-corrected chi connectivity index (χ3v) is 3.32. The highest BCUT2D eigenvalue weighted by Crippen LogP contribution is 2.16. The van der Waals surface area contributed by atoms with Gasteiger partial charge in [-0.25, -0.2) is 8.78 Å². The average Bonchev–Trinajstić information content (AvgIpc) is 2.22. The third kappa shape index (κ3) is 3.04. The molecule has 0 bridgehead atoms. The van der Waals surface area contributed by atoms with Crippen LogP contribution in [-0.2, 0) is 11.3 Å². The summed E-state index contributed by atoms with van der Waals surface area (Å²) >= 11 is 0. The smallest absolute Gasteiger partial charge is 0.223 e. The monoisotopic (exact) mass is 254 g/mol. The number of carbonyl (C=O) groups excluding carboxylic acids is 1. The van der Waals surface area contributed by atoms with Crippen LogP contribution in [0, 0.1) is 23.5 Å². The minimum absolute atomic E-state index is 0.0776. The van der Waals surface area contributed by atoms with Crippen molar-refractivity contribution in [2.75, 3.05) is 13.1 Å². The van der Waals surface area contributed by atoms with E-state index < -0.39 is 11.6 Å². The van der Waals surface area contributed by atoms with Crippen LogP contribution in [0.4, 0.5) is 8.78 Å². The van der Waals surface area contributed by atoms with E-state index in [4.69, 9.17) is 0 Å². The molecular formula is C13H16F2N2O. The summed E-state index contributed by atoms with van der Waals surface area (Å²) in [5.74, 6) is -1.06. The number of halogens is 2. The number of amides is 1. The molecule has 0 spiro atoms. The molecule has 1 heterocycles. The molecule has 1 fully saturated rings. The van der Waals surface area contributed by atoms with Gasteiger partial charge in [0.25, 0.3) is 0 Å². The van der Waals surface area contributed by atoms with Crippen molar-refractivity contribution in [2.24, 2.45) is 11.8 Å². The minimum Gasteiger partial charge on any atom is -0.352 e. The first-order chi connectivity index (χ1) is 8.56. The number of rotatable bonds is 4. The van der Waals surface area contributed by atoms with Gasteiger partial charge in [0.05, 0.1) is 0 Å². The summed E-state index contributed by atoms with van der Waals surface area (Å²) in [6.07, 6.45) is 0. The second-order valence-corrected chi connectivity index (χ2v) is 4.70. The van der Waals surface area contributed by atoms with Crippen LogP contribution in [-0.4, -0.2) is 19.0 Å². The largest absolute Gasteiger partial charge is 0.352 e. The second kappa shape index (κ2) is 5.44. The van der Waals surface area contributed by atoms with Gasteiger partial charge in [-0.05, 0) is 36.7 Å². The van der Waals surface area contributed by atoms with Gasteiger partial charge in [0.15, 0.2) is 0 Å². The van der Waals surface area contributed by atoms with Gasteiger partial charge in [-0.15, -0.1) is 0 Å². The Morgan fingerprint density at radius 2 is 2.00 bits per heavy atom. The van der Waals surface area contributed by atoms with Crippen molar-refractivity contribution < 1.29 is 13.6 Å². The number of hydrogen-bond donors (Lipinski definition) is 2. The molecule has 1 unspecified atom stereocenters. The highest BCUT2D eigenvalue weighted by atomic mass is 19.1. The van der Waals surface area contributed by atoms with Crippen LogP contribution < -0.4 is 10.6 Å². The van der Waals surface area contributed by atoms with Gasteiger partial charge >= 0.3 is 0 Å². The van der Waals surface area contributed by atoms with Crippen molar-refractivity contribution >= 4 is 5.91 Å². The molecule has 0 aliphatic carbocycles. The zero-order valence-electron chi connectivity index (χ0n) is 10.2. The fraction of sp³-hybridized carbons (Fsp3) is 0.462. The Morgan fingerprint density at radius 1 is 1.39 bits per heavy atom. The number of nitrogens with one attached hydrogen (secondary N) is 2. The van der Waals surface area contributed by atoms with Gasteiger partial charge in [0, 0.05) is 18.5 Å². The molecule has 0 radical (unpaired) electrons. The maximum atomic E-state index is 12.9. The van der Waals surface area contributed by atoms with Crippen LogP contribution in [0.3, 0.4) is 0 Å². The van der Waals surface area contributed by atoms with Crippen LogP contribution in [0.25, 0.3) is 0 Å². The summed E-state index contributed by atoms with van der Waals surface area (Å²) < 4.78 is 25.9. The molecule has 1 saturated heterocycles. The van der Waals surface area contributed by atoms with Crippen molar-refractivity contribution in [3.05, 3.63) is 35.4 Å². The minimum atomic E-state index is -0.629. The van der Waals surface area contributed by atoms with Gasteiger partial charge in [-0.1, -0.05) is 6.92 Å². The zero-order chi connectivity index (χ0) is 13.1. The van der Waals surface area contributed by atoms with Crippen molar-refractivity contribution in [3.63, 3.8) is 0 Å². The van der Waals surface area contributed by atoms with E-state index in [-0.39, 0.29) is 18.4 Å². The average molecular weight is 254 g/mol. The van der Waals surface area contributed by atoms with Crippen molar-refractivity contribution in [1.82, 2.24) is 10.6 Å². The van der Waals surface area contributed by atoms with Gasteiger partial charge in [0.1, 0.15) is 11.6 Å². The molecule has 0 saturated carbocycles. The van der Waals surface area contributed by atoms with Gasteiger partial charge in [0.2, 0.25) is 5.91 Å². The molecule has 18 heavy (non-hydrogen) atoms. The van der Waals surface area contributed by atoms with E-state index in [0.29, 0.717) is 11.5 Å². The van der Waals surface area contributed by atoms with Gasteiger partial charge in [-0.2, -0.15) is 0 Å². The van der Waals surface area contributed by atoms with E-state index in [9.17, 15) is 13.6 Å². The summed E-state index contributed by atoms with van der Waals surface area (Å²) in [5.41, 5.74) is 0.430. The summed E-state index contributed by atoms with van der Waals surface area (Å²) in [5, 5.41) is 5.81. The van der Waals surface area contributed by atoms with Crippen LogP contribution >= 0.6 is 0 Å². The highest BCUT2D eigenvalue weighted by Gasteiger charge is 2.28. The molecule has 1 aromatic carbocycles. The van der Waals surface area contributed by atoms with E-state index in [1.54, 1.807) is 0 Å². The van der Waals surface area contributed by atoms with E-state index in [1.807, 2.05) is 6.92 Å². The second-order valence-electron chi connectivity index (χ2n) is 4.70. The number of benzene rings is 1. The standard InChI is InChI=1S/C13H16F2N2O/c1-8(10-6-16-7-10)13(18)17-5-9-2-11(14)4-12(15)3-9/h2-4,8,10,16H,5-7H2,1H3,(H,17,18). The van der Waals surface area contributed by atoms with Gasteiger partial charge in [-0.3, -0.25) is 4.79 Å². The molecule has 1 amide bonds. The predicted molar refractivity (Wildman–Crippen MR) is 63.7 cm³/mol. The molecule has 1 aromatic rings. The fourth-order valence-corrected chi connectivity index (χ4v) is 1.94. The lowest BCUT2D eigenvalue weighted by molar-refractivity contribution is -0.126. The van der Waals surface area contributed by atoms with Crippen molar-refractivity contribution in [2.45, 2.75) is 13.5 Å². The molecule has 2 N–H and O–H groups in total. The first-order valence-electron chi connectivity index (χ1n) is 5.99. The Hall–Kier alpha value is -1.49. The topological polar surface area (TPSA) is 41.1 Å². The number of carbonyl (C=O) groups is 1. The van der Waals surface area contributed by atoms with E-state index in [1.165, 1.54) is 12.1 Å². The van der Waals surface area contributed by atoms with Crippen molar-refractivity contribution in [1.29, 1.82) is 0 Å². The third-order valence-electron chi connectivity index (χ3n) is 3.32. The fourth-order valence-electron chi connectivity index (χ4n) is 1.94. The molecule has 1 aliphatic rings. The summed E-state index contributed by atoms with van der Waals surface area (Å²) in [6.45, 7) is 3.72. The van der Waals surface area contributed by atoms with Crippen LogP contribution in [0.1, 0.15) is 12.5 Å². The lowest BCUT2D eigenvalue weighted by Crippen LogP contribution is -2.49. The molecule has 5 heteroatoms. The Balaban J connectivity index is 1.88. The van der Waals surface area contributed by atoms with Crippen LogP contribution in [0.5, 0.6) is 0 Å². The van der Waals surface area contributed by atoms with Crippen molar-refractivity contribution in [3.8, 4) is 0 Å². The Morgan fingerprint density at radius 3 is 2.50 bits per heavy atom. The Labute approximate surface area is 105 Å². The Bertz CT molecular complexity index is 426. The highest BCUT2D eigenvalue weighted by molar-refractivity contribution is 5.78. The molecule has 98 valence electrons. The SMILES string of the molecule is CC(C(=O)NCc1cc(F)cc(F)c1)C1CNC1. The summed E-state index contributed by atoms with van der Waals surface area (Å²) in [4.78, 5) is 11.8. The zero-order valence-corrected chi connectivity index (χ0v) is 10.2. The summed E-state index contributed by atoms with van der Waals surface area (Å²) in [6, 6.07) is 3.26. The molecular weight excluding hydrogens is 238 g/mol. The molecule has 0 aromatic heterocycles.